The first-order valence-electron chi connectivity index (χ1n) is 6.33. The molecular formula is C12H21ClN4O. The molecule has 1 aromatic rings. The van der Waals surface area contributed by atoms with Crippen LogP contribution in [-0.2, 0) is 11.3 Å². The summed E-state index contributed by atoms with van der Waals surface area (Å²) in [4.78, 5) is 17.8. The SMILES string of the molecule is CCN(CC)CCCNC(=O)Cn1ccnc1Cl. The standard InChI is InChI=1S/C12H21ClN4O/c1-3-16(4-2)8-5-6-14-11(18)10-17-9-7-15-12(17)13/h7,9H,3-6,8,10H2,1-2H3,(H,14,18). The van der Waals surface area contributed by atoms with Crippen molar-refractivity contribution in [3.63, 3.8) is 0 Å². The van der Waals surface area contributed by atoms with Gasteiger partial charge in [0.05, 0.1) is 0 Å². The molecule has 1 amide bonds. The molecule has 0 radical (unpaired) electrons. The Morgan fingerprint density at radius 2 is 2.22 bits per heavy atom. The Hall–Kier alpha value is -1.07. The number of imidazole rings is 1. The maximum Gasteiger partial charge on any atom is 0.240 e. The van der Waals surface area contributed by atoms with Gasteiger partial charge in [-0.2, -0.15) is 0 Å². The summed E-state index contributed by atoms with van der Waals surface area (Å²) in [5, 5.41) is 3.22. The molecule has 0 aromatic carbocycles. The van der Waals surface area contributed by atoms with E-state index in [4.69, 9.17) is 11.6 Å². The second-order valence-electron chi connectivity index (χ2n) is 4.05. The minimum atomic E-state index is -0.0329. The third-order valence-electron chi connectivity index (χ3n) is 2.85. The van der Waals surface area contributed by atoms with Crippen LogP contribution in [0.2, 0.25) is 5.28 Å². The second kappa shape index (κ2) is 8.11. The van der Waals surface area contributed by atoms with E-state index in [1.807, 2.05) is 0 Å². The average Bonchev–Trinajstić information content (AvgIpc) is 2.75. The van der Waals surface area contributed by atoms with Crippen molar-refractivity contribution in [1.29, 1.82) is 0 Å². The van der Waals surface area contributed by atoms with Crippen LogP contribution in [0.1, 0.15) is 20.3 Å². The van der Waals surface area contributed by atoms with Gasteiger partial charge in [0.25, 0.3) is 0 Å². The van der Waals surface area contributed by atoms with Crippen molar-refractivity contribution >= 4 is 17.5 Å². The number of rotatable bonds is 8. The number of aromatic nitrogens is 2. The molecule has 1 aromatic heterocycles. The molecule has 0 fully saturated rings. The van der Waals surface area contributed by atoms with Crippen LogP contribution in [0.25, 0.3) is 0 Å². The van der Waals surface area contributed by atoms with E-state index < -0.39 is 0 Å². The summed E-state index contributed by atoms with van der Waals surface area (Å²) in [6.07, 6.45) is 4.24. The first-order valence-corrected chi connectivity index (χ1v) is 6.70. The minimum absolute atomic E-state index is 0.0329. The van der Waals surface area contributed by atoms with Crippen molar-refractivity contribution in [1.82, 2.24) is 19.8 Å². The highest BCUT2D eigenvalue weighted by molar-refractivity contribution is 6.28. The van der Waals surface area contributed by atoms with Gasteiger partial charge in [-0.1, -0.05) is 13.8 Å². The Labute approximate surface area is 113 Å². The van der Waals surface area contributed by atoms with Gasteiger partial charge < -0.3 is 14.8 Å². The van der Waals surface area contributed by atoms with E-state index in [9.17, 15) is 4.79 Å². The lowest BCUT2D eigenvalue weighted by atomic mass is 10.3. The summed E-state index contributed by atoms with van der Waals surface area (Å²) in [6, 6.07) is 0. The van der Waals surface area contributed by atoms with Gasteiger partial charge in [0.1, 0.15) is 6.54 Å². The fourth-order valence-corrected chi connectivity index (χ4v) is 1.88. The molecule has 0 saturated heterocycles. The Balaban J connectivity index is 2.16. The van der Waals surface area contributed by atoms with Crippen molar-refractivity contribution in [2.75, 3.05) is 26.2 Å². The number of halogens is 1. The maximum absolute atomic E-state index is 11.6. The number of amides is 1. The zero-order chi connectivity index (χ0) is 13.4. The van der Waals surface area contributed by atoms with Crippen molar-refractivity contribution < 1.29 is 4.79 Å². The van der Waals surface area contributed by atoms with Crippen LogP contribution >= 0.6 is 11.6 Å². The van der Waals surface area contributed by atoms with E-state index in [0.717, 1.165) is 26.1 Å². The van der Waals surface area contributed by atoms with E-state index in [1.54, 1.807) is 17.0 Å². The molecule has 5 nitrogen and oxygen atoms in total. The monoisotopic (exact) mass is 272 g/mol. The van der Waals surface area contributed by atoms with Gasteiger partial charge in [0, 0.05) is 18.9 Å². The lowest BCUT2D eigenvalue weighted by molar-refractivity contribution is -0.121. The van der Waals surface area contributed by atoms with Crippen molar-refractivity contribution in [2.45, 2.75) is 26.8 Å². The molecule has 0 atom stereocenters. The van der Waals surface area contributed by atoms with Gasteiger partial charge in [-0.3, -0.25) is 4.79 Å². The number of nitrogens with one attached hydrogen (secondary N) is 1. The van der Waals surface area contributed by atoms with Gasteiger partial charge >= 0.3 is 0 Å². The van der Waals surface area contributed by atoms with Gasteiger partial charge in [-0.15, -0.1) is 0 Å². The van der Waals surface area contributed by atoms with Crippen LogP contribution < -0.4 is 5.32 Å². The Morgan fingerprint density at radius 3 is 2.78 bits per heavy atom. The van der Waals surface area contributed by atoms with Crippen LogP contribution in [0, 0.1) is 0 Å². The fourth-order valence-electron chi connectivity index (χ4n) is 1.71. The van der Waals surface area contributed by atoms with E-state index in [0.29, 0.717) is 11.8 Å². The molecule has 102 valence electrons. The summed E-state index contributed by atoms with van der Waals surface area (Å²) >= 11 is 5.79. The fraction of sp³-hybridized carbons (Fsp3) is 0.667. The molecular weight excluding hydrogens is 252 g/mol. The third kappa shape index (κ3) is 5.06. The molecule has 1 N–H and O–H groups in total. The van der Waals surface area contributed by atoms with E-state index in [2.05, 4.69) is 29.0 Å². The highest BCUT2D eigenvalue weighted by atomic mass is 35.5. The van der Waals surface area contributed by atoms with Crippen LogP contribution in [0.5, 0.6) is 0 Å². The molecule has 0 saturated carbocycles. The van der Waals surface area contributed by atoms with Gasteiger partial charge in [0.15, 0.2) is 0 Å². The molecule has 1 heterocycles. The van der Waals surface area contributed by atoms with Crippen LogP contribution in [-0.4, -0.2) is 46.5 Å². The Morgan fingerprint density at radius 1 is 1.50 bits per heavy atom. The van der Waals surface area contributed by atoms with Crippen LogP contribution in [0.15, 0.2) is 12.4 Å². The first-order chi connectivity index (χ1) is 8.67. The molecule has 0 unspecified atom stereocenters. The lowest BCUT2D eigenvalue weighted by Gasteiger charge is -2.17. The lowest BCUT2D eigenvalue weighted by Crippen LogP contribution is -2.31. The smallest absolute Gasteiger partial charge is 0.240 e. The molecule has 0 aliphatic rings. The summed E-state index contributed by atoms with van der Waals surface area (Å²) in [5.41, 5.74) is 0. The Kier molecular flexibility index (Phi) is 6.75. The maximum atomic E-state index is 11.6. The molecule has 6 heteroatoms. The largest absolute Gasteiger partial charge is 0.355 e. The third-order valence-corrected chi connectivity index (χ3v) is 3.16. The highest BCUT2D eigenvalue weighted by Gasteiger charge is 2.05. The number of carbonyl (C=O) groups excluding carboxylic acids is 1. The quantitative estimate of drug-likeness (QED) is 0.728. The highest BCUT2D eigenvalue weighted by Crippen LogP contribution is 2.03. The molecule has 18 heavy (non-hydrogen) atoms. The van der Waals surface area contributed by atoms with Crippen LogP contribution in [0.4, 0.5) is 0 Å². The van der Waals surface area contributed by atoms with Gasteiger partial charge in [0.2, 0.25) is 11.2 Å². The predicted octanol–water partition coefficient (Wildman–Crippen LogP) is 1.38. The molecule has 1 rings (SSSR count). The zero-order valence-electron chi connectivity index (χ0n) is 11.0. The number of hydrogen-bond acceptors (Lipinski definition) is 3. The summed E-state index contributed by atoms with van der Waals surface area (Å²) in [6.45, 7) is 8.32. The van der Waals surface area contributed by atoms with Gasteiger partial charge in [-0.05, 0) is 37.7 Å². The molecule has 0 aliphatic carbocycles. The topological polar surface area (TPSA) is 50.2 Å². The minimum Gasteiger partial charge on any atom is -0.355 e. The number of carbonyl (C=O) groups is 1. The van der Waals surface area contributed by atoms with Gasteiger partial charge in [-0.25, -0.2) is 4.98 Å². The van der Waals surface area contributed by atoms with E-state index in [1.165, 1.54) is 0 Å². The molecule has 0 bridgehead atoms. The molecule has 0 spiro atoms. The summed E-state index contributed by atoms with van der Waals surface area (Å²) in [7, 11) is 0. The molecule has 0 aliphatic heterocycles. The first kappa shape index (κ1) is 15.0. The van der Waals surface area contributed by atoms with Crippen molar-refractivity contribution in [3.05, 3.63) is 17.7 Å². The average molecular weight is 273 g/mol. The zero-order valence-corrected chi connectivity index (χ0v) is 11.8. The summed E-state index contributed by atoms with van der Waals surface area (Å²) < 4.78 is 1.61. The van der Waals surface area contributed by atoms with Crippen molar-refractivity contribution in [3.8, 4) is 0 Å². The van der Waals surface area contributed by atoms with Crippen molar-refractivity contribution in [2.24, 2.45) is 0 Å². The Bertz CT molecular complexity index is 363. The number of nitrogens with zero attached hydrogens (tertiary/aromatic N) is 3. The van der Waals surface area contributed by atoms with E-state index in [-0.39, 0.29) is 12.5 Å². The van der Waals surface area contributed by atoms with E-state index >= 15 is 0 Å². The number of hydrogen-bond donors (Lipinski definition) is 1. The summed E-state index contributed by atoms with van der Waals surface area (Å²) in [5.74, 6) is -0.0329. The van der Waals surface area contributed by atoms with Crippen LogP contribution in [0.3, 0.4) is 0 Å². The predicted molar refractivity (Wildman–Crippen MR) is 72.7 cm³/mol. The second-order valence-corrected chi connectivity index (χ2v) is 4.39. The normalized spacial score (nSPS) is 10.9.